The predicted molar refractivity (Wildman–Crippen MR) is 120 cm³/mol. The van der Waals surface area contributed by atoms with Crippen LogP contribution < -0.4 is 10.2 Å². The highest BCUT2D eigenvalue weighted by molar-refractivity contribution is 5.81. The lowest BCUT2D eigenvalue weighted by Crippen LogP contribution is -2.49. The first kappa shape index (κ1) is 22.7. The molecule has 1 saturated heterocycles. The Morgan fingerprint density at radius 2 is 2.07 bits per heavy atom. The average Bonchev–Trinajstić information content (AvgIpc) is 2.77. The maximum atomic E-state index is 12.5. The average molecular weight is 401 g/mol. The fourth-order valence-corrected chi connectivity index (χ4v) is 3.47. The molecule has 7 heteroatoms. The molecule has 7 nitrogen and oxygen atoms in total. The molecule has 0 atom stereocenters. The van der Waals surface area contributed by atoms with Gasteiger partial charge < -0.3 is 20.0 Å². The zero-order chi connectivity index (χ0) is 20.9. The Balaban J connectivity index is 1.65. The highest BCUT2D eigenvalue weighted by Crippen LogP contribution is 2.12. The van der Waals surface area contributed by atoms with Crippen molar-refractivity contribution in [3.8, 4) is 0 Å². The number of hydrogen-bond donors (Lipinski definition) is 1. The van der Waals surface area contributed by atoms with Crippen molar-refractivity contribution in [2.75, 3.05) is 58.3 Å². The van der Waals surface area contributed by atoms with Crippen molar-refractivity contribution in [2.45, 2.75) is 32.1 Å². The molecule has 2 heterocycles. The van der Waals surface area contributed by atoms with E-state index in [2.05, 4.69) is 31.7 Å². The van der Waals surface area contributed by atoms with Gasteiger partial charge in [0.15, 0.2) is 5.96 Å². The number of guanidine groups is 1. The summed E-state index contributed by atoms with van der Waals surface area (Å²) in [4.78, 5) is 27.6. The molecule has 1 aliphatic heterocycles. The minimum Gasteiger partial charge on any atom is -0.356 e. The van der Waals surface area contributed by atoms with Gasteiger partial charge in [-0.2, -0.15) is 0 Å². The number of nitrogens with one attached hydrogen (secondary N) is 1. The first-order valence-corrected chi connectivity index (χ1v) is 10.6. The Hall–Kier alpha value is -2.57. The van der Waals surface area contributed by atoms with Crippen LogP contribution in [-0.2, 0) is 4.79 Å². The Bertz CT molecular complexity index is 640. The molecule has 2 rings (SSSR count). The second kappa shape index (κ2) is 12.8. The number of carbonyl (C=O) groups is 1. The minimum absolute atomic E-state index is 0.195. The summed E-state index contributed by atoms with van der Waals surface area (Å²) >= 11 is 0. The van der Waals surface area contributed by atoms with E-state index in [1.54, 1.807) is 7.05 Å². The van der Waals surface area contributed by atoms with Crippen molar-refractivity contribution in [3.63, 3.8) is 0 Å². The Morgan fingerprint density at radius 3 is 2.72 bits per heavy atom. The quantitative estimate of drug-likeness (QED) is 0.283. The molecule has 160 valence electrons. The summed E-state index contributed by atoms with van der Waals surface area (Å²) in [6.45, 7) is 8.46. The number of rotatable bonds is 10. The smallest absolute Gasteiger partial charge is 0.224 e. The molecule has 0 radical (unpaired) electrons. The van der Waals surface area contributed by atoms with Crippen molar-refractivity contribution < 1.29 is 4.79 Å². The fraction of sp³-hybridized carbons (Fsp3) is 0.591. The summed E-state index contributed by atoms with van der Waals surface area (Å²) in [6.07, 6.45) is 8.85. The molecule has 1 aromatic heterocycles. The molecule has 1 aliphatic rings. The predicted octanol–water partition coefficient (Wildman–Crippen LogP) is 2.37. The van der Waals surface area contributed by atoms with Gasteiger partial charge in [0.25, 0.3) is 0 Å². The highest BCUT2D eigenvalue weighted by Gasteiger charge is 2.21. The molecular formula is C22H36N6O. The topological polar surface area (TPSA) is 64.1 Å². The summed E-state index contributed by atoms with van der Waals surface area (Å²) in [7, 11) is 3.83. The van der Waals surface area contributed by atoms with Crippen LogP contribution in [-0.4, -0.2) is 80.0 Å². The van der Waals surface area contributed by atoms with E-state index in [1.165, 1.54) is 12.8 Å². The van der Waals surface area contributed by atoms with Gasteiger partial charge in [-0.05, 0) is 31.4 Å². The van der Waals surface area contributed by atoms with E-state index in [0.29, 0.717) is 13.0 Å². The van der Waals surface area contributed by atoms with Crippen molar-refractivity contribution in [2.24, 2.45) is 4.99 Å². The third-order valence-electron chi connectivity index (χ3n) is 5.20. The van der Waals surface area contributed by atoms with Crippen molar-refractivity contribution >= 4 is 17.7 Å². The number of anilines is 1. The number of hydrogen-bond acceptors (Lipinski definition) is 4. The number of unbranched alkanes of at least 4 members (excludes halogenated alkanes) is 3. The van der Waals surface area contributed by atoms with E-state index in [-0.39, 0.29) is 5.91 Å². The first-order valence-electron chi connectivity index (χ1n) is 10.6. The molecular weight excluding hydrogens is 364 g/mol. The van der Waals surface area contributed by atoms with Crippen LogP contribution in [0.4, 0.5) is 5.82 Å². The molecule has 29 heavy (non-hydrogen) atoms. The van der Waals surface area contributed by atoms with E-state index in [4.69, 9.17) is 0 Å². The maximum absolute atomic E-state index is 12.5. The Kier molecular flexibility index (Phi) is 10.0. The standard InChI is InChI=1S/C22H36N6O/c1-4-5-6-7-10-15-26(3)22(23-2)25-14-12-21(29)28-18-16-27(17-19-28)20-11-8-9-13-24-20/h4,8-9,11,13H,1,5-7,10,12,14-19H2,2-3H3,(H,23,25). The lowest BCUT2D eigenvalue weighted by Gasteiger charge is -2.35. The fourth-order valence-electron chi connectivity index (χ4n) is 3.47. The Morgan fingerprint density at radius 1 is 1.28 bits per heavy atom. The van der Waals surface area contributed by atoms with Gasteiger partial charge in [-0.25, -0.2) is 4.98 Å². The van der Waals surface area contributed by atoms with Gasteiger partial charge in [-0.1, -0.05) is 18.6 Å². The zero-order valence-corrected chi connectivity index (χ0v) is 18.0. The van der Waals surface area contributed by atoms with Crippen LogP contribution in [0.15, 0.2) is 42.0 Å². The molecule has 1 aromatic rings. The number of aliphatic imine (C=N–C) groups is 1. The monoisotopic (exact) mass is 400 g/mol. The second-order valence-corrected chi connectivity index (χ2v) is 7.34. The van der Waals surface area contributed by atoms with E-state index in [1.807, 2.05) is 42.4 Å². The SMILES string of the molecule is C=CCCCCCN(C)C(=NC)NCCC(=O)N1CCN(c2ccccn2)CC1. The number of nitrogens with zero attached hydrogens (tertiary/aromatic N) is 5. The molecule has 1 N–H and O–H groups in total. The van der Waals surface area contributed by atoms with Crippen molar-refractivity contribution in [3.05, 3.63) is 37.1 Å². The third kappa shape index (κ3) is 7.75. The zero-order valence-electron chi connectivity index (χ0n) is 18.0. The first-order chi connectivity index (χ1) is 14.2. The van der Waals surface area contributed by atoms with E-state index < -0.39 is 0 Å². The van der Waals surface area contributed by atoms with Gasteiger partial charge >= 0.3 is 0 Å². The summed E-state index contributed by atoms with van der Waals surface area (Å²) in [5.41, 5.74) is 0. The molecule has 0 unspecified atom stereocenters. The largest absolute Gasteiger partial charge is 0.356 e. The maximum Gasteiger partial charge on any atom is 0.224 e. The number of pyridine rings is 1. The van der Waals surface area contributed by atoms with Crippen LogP contribution in [0.1, 0.15) is 32.1 Å². The van der Waals surface area contributed by atoms with Crippen molar-refractivity contribution in [1.29, 1.82) is 0 Å². The minimum atomic E-state index is 0.195. The number of allylic oxidation sites excluding steroid dienone is 1. The lowest BCUT2D eigenvalue weighted by molar-refractivity contribution is -0.131. The van der Waals surface area contributed by atoms with Gasteiger partial charge in [0, 0.05) is 66.0 Å². The van der Waals surface area contributed by atoms with Crippen LogP contribution in [0.2, 0.25) is 0 Å². The van der Waals surface area contributed by atoms with Crippen molar-refractivity contribution in [1.82, 2.24) is 20.1 Å². The number of carbonyl (C=O) groups excluding carboxylic acids is 1. The molecule has 0 saturated carbocycles. The summed E-state index contributed by atoms with van der Waals surface area (Å²) < 4.78 is 0. The summed E-state index contributed by atoms with van der Waals surface area (Å²) in [5, 5.41) is 3.32. The van der Waals surface area contributed by atoms with Crippen LogP contribution in [0, 0.1) is 0 Å². The van der Waals surface area contributed by atoms with Gasteiger partial charge in [0.05, 0.1) is 0 Å². The number of piperazine rings is 1. The molecule has 0 aromatic carbocycles. The van der Waals surface area contributed by atoms with Gasteiger partial charge in [-0.15, -0.1) is 6.58 Å². The van der Waals surface area contributed by atoms with E-state index in [0.717, 1.165) is 57.3 Å². The summed E-state index contributed by atoms with van der Waals surface area (Å²) in [6, 6.07) is 5.93. The molecule has 0 spiro atoms. The summed E-state index contributed by atoms with van der Waals surface area (Å²) in [5.74, 6) is 2.03. The van der Waals surface area contributed by atoms with Gasteiger partial charge in [0.2, 0.25) is 5.91 Å². The molecule has 0 bridgehead atoms. The van der Waals surface area contributed by atoms with Crippen LogP contribution in [0.3, 0.4) is 0 Å². The molecule has 1 fully saturated rings. The third-order valence-corrected chi connectivity index (χ3v) is 5.20. The molecule has 1 amide bonds. The number of aromatic nitrogens is 1. The van der Waals surface area contributed by atoms with Crippen LogP contribution >= 0.6 is 0 Å². The number of amides is 1. The lowest BCUT2D eigenvalue weighted by atomic mass is 10.2. The Labute approximate surface area is 175 Å². The molecule has 0 aliphatic carbocycles. The van der Waals surface area contributed by atoms with Gasteiger partial charge in [-0.3, -0.25) is 9.79 Å². The van der Waals surface area contributed by atoms with E-state index in [9.17, 15) is 4.79 Å². The highest BCUT2D eigenvalue weighted by atomic mass is 16.2. The second-order valence-electron chi connectivity index (χ2n) is 7.34. The van der Waals surface area contributed by atoms with Crippen LogP contribution in [0.5, 0.6) is 0 Å². The van der Waals surface area contributed by atoms with Crippen LogP contribution in [0.25, 0.3) is 0 Å². The van der Waals surface area contributed by atoms with Gasteiger partial charge in [0.1, 0.15) is 5.82 Å². The van der Waals surface area contributed by atoms with E-state index >= 15 is 0 Å². The normalized spacial score (nSPS) is 14.6.